The van der Waals surface area contributed by atoms with Gasteiger partial charge in [-0.1, -0.05) is 54.1 Å². The molecule has 0 saturated heterocycles. The Kier molecular flexibility index (Phi) is 6.35. The number of nitrogens with zero attached hydrogens (tertiary/aromatic N) is 3. The molecule has 6 nitrogen and oxygen atoms in total. The summed E-state index contributed by atoms with van der Waals surface area (Å²) in [5.41, 5.74) is 6.53. The van der Waals surface area contributed by atoms with Crippen molar-refractivity contribution in [3.8, 4) is 28.3 Å². The van der Waals surface area contributed by atoms with E-state index in [-0.39, 0.29) is 0 Å². The van der Waals surface area contributed by atoms with E-state index in [9.17, 15) is 0 Å². The maximum absolute atomic E-state index is 5.45. The summed E-state index contributed by atoms with van der Waals surface area (Å²) in [7, 11) is 3.30. The van der Waals surface area contributed by atoms with Crippen molar-refractivity contribution in [2.45, 2.75) is 13.3 Å². The molecule has 2 heterocycles. The van der Waals surface area contributed by atoms with Crippen molar-refractivity contribution in [3.05, 3.63) is 96.4 Å². The van der Waals surface area contributed by atoms with Crippen LogP contribution in [0.1, 0.15) is 11.1 Å². The lowest BCUT2D eigenvalue weighted by Gasteiger charge is -2.11. The fourth-order valence-corrected chi connectivity index (χ4v) is 4.30. The first-order chi connectivity index (χ1) is 17.2. The number of aromatic nitrogens is 3. The molecule has 0 spiro atoms. The Morgan fingerprint density at radius 1 is 0.857 bits per heavy atom. The SMILES string of the molecule is COc1ccc(CCNc2ncnc3c2c(-c2ccccc2)cn3-c2ccc(C)cc2)cc1OC. The second kappa shape index (κ2) is 9.89. The molecule has 0 unspecified atom stereocenters. The molecule has 176 valence electrons. The summed E-state index contributed by atoms with van der Waals surface area (Å²) in [5, 5.41) is 4.56. The van der Waals surface area contributed by atoms with E-state index in [0.29, 0.717) is 6.54 Å². The molecule has 3 aromatic carbocycles. The van der Waals surface area contributed by atoms with Gasteiger partial charge in [-0.25, -0.2) is 9.97 Å². The molecule has 0 aliphatic carbocycles. The van der Waals surface area contributed by atoms with Gasteiger partial charge in [0.15, 0.2) is 17.1 Å². The van der Waals surface area contributed by atoms with E-state index in [4.69, 9.17) is 9.47 Å². The second-order valence-corrected chi connectivity index (χ2v) is 8.40. The molecule has 5 rings (SSSR count). The maximum atomic E-state index is 5.45. The van der Waals surface area contributed by atoms with Crippen molar-refractivity contribution in [2.24, 2.45) is 0 Å². The highest BCUT2D eigenvalue weighted by atomic mass is 16.5. The van der Waals surface area contributed by atoms with Crippen molar-refractivity contribution in [2.75, 3.05) is 26.1 Å². The monoisotopic (exact) mass is 464 g/mol. The summed E-state index contributed by atoms with van der Waals surface area (Å²) in [6, 6.07) is 24.9. The quantitative estimate of drug-likeness (QED) is 0.302. The standard InChI is InChI=1S/C29H28N4O2/c1-20-9-12-23(13-10-20)33-18-24(22-7-5-4-6-8-22)27-28(31-19-32-29(27)33)30-16-15-21-11-14-25(34-2)26(17-21)35-3/h4-14,17-19H,15-16H2,1-3H3,(H,30,31,32). The molecule has 0 fully saturated rings. The smallest absolute Gasteiger partial charge is 0.160 e. The van der Waals surface area contributed by atoms with Crippen LogP contribution in [0.25, 0.3) is 27.8 Å². The van der Waals surface area contributed by atoms with Gasteiger partial charge in [-0.3, -0.25) is 0 Å². The lowest BCUT2D eigenvalue weighted by molar-refractivity contribution is 0.354. The van der Waals surface area contributed by atoms with Crippen LogP contribution in [-0.4, -0.2) is 35.3 Å². The molecular weight excluding hydrogens is 436 g/mol. The Morgan fingerprint density at radius 2 is 1.63 bits per heavy atom. The summed E-state index contributed by atoms with van der Waals surface area (Å²) in [5.74, 6) is 2.28. The first-order valence-corrected chi connectivity index (χ1v) is 11.6. The van der Waals surface area contributed by atoms with Gasteiger partial charge >= 0.3 is 0 Å². The van der Waals surface area contributed by atoms with E-state index in [1.54, 1.807) is 20.5 Å². The van der Waals surface area contributed by atoms with Gasteiger partial charge in [0.05, 0.1) is 19.6 Å². The average Bonchev–Trinajstić information content (AvgIpc) is 3.30. The Labute approximate surface area is 205 Å². The highest BCUT2D eigenvalue weighted by Crippen LogP contribution is 2.35. The summed E-state index contributed by atoms with van der Waals surface area (Å²) in [6.07, 6.45) is 4.59. The van der Waals surface area contributed by atoms with E-state index in [2.05, 4.69) is 87.6 Å². The number of hydrogen-bond acceptors (Lipinski definition) is 5. The predicted octanol–water partition coefficient (Wildman–Crippen LogP) is 6.07. The molecule has 0 atom stereocenters. The highest BCUT2D eigenvalue weighted by molar-refractivity contribution is 6.02. The second-order valence-electron chi connectivity index (χ2n) is 8.40. The number of fused-ring (bicyclic) bond motifs is 1. The normalized spacial score (nSPS) is 10.9. The maximum Gasteiger partial charge on any atom is 0.160 e. The van der Waals surface area contributed by atoms with Gasteiger partial charge in [0, 0.05) is 24.0 Å². The van der Waals surface area contributed by atoms with E-state index in [1.165, 1.54) is 5.56 Å². The number of anilines is 1. The van der Waals surface area contributed by atoms with Crippen molar-refractivity contribution in [1.82, 2.24) is 14.5 Å². The minimum Gasteiger partial charge on any atom is -0.493 e. The summed E-state index contributed by atoms with van der Waals surface area (Å²) in [6.45, 7) is 2.81. The molecule has 0 bridgehead atoms. The lowest BCUT2D eigenvalue weighted by Crippen LogP contribution is -2.07. The van der Waals surface area contributed by atoms with E-state index in [1.807, 2.05) is 18.2 Å². The van der Waals surface area contributed by atoms with Crippen LogP contribution in [0, 0.1) is 6.92 Å². The van der Waals surface area contributed by atoms with Gasteiger partial charge < -0.3 is 19.4 Å². The fraction of sp³-hybridized carbons (Fsp3) is 0.172. The van der Waals surface area contributed by atoms with Crippen molar-refractivity contribution in [1.29, 1.82) is 0 Å². The van der Waals surface area contributed by atoms with Gasteiger partial charge in [0.2, 0.25) is 0 Å². The summed E-state index contributed by atoms with van der Waals surface area (Å²) >= 11 is 0. The van der Waals surface area contributed by atoms with Gasteiger partial charge in [-0.15, -0.1) is 0 Å². The van der Waals surface area contributed by atoms with Gasteiger partial charge in [-0.2, -0.15) is 0 Å². The molecule has 0 aliphatic rings. The first-order valence-electron chi connectivity index (χ1n) is 11.6. The summed E-state index contributed by atoms with van der Waals surface area (Å²) < 4.78 is 12.9. The largest absolute Gasteiger partial charge is 0.493 e. The third kappa shape index (κ3) is 4.55. The zero-order chi connectivity index (χ0) is 24.2. The van der Waals surface area contributed by atoms with Crippen LogP contribution < -0.4 is 14.8 Å². The van der Waals surface area contributed by atoms with Gasteiger partial charge in [0.1, 0.15) is 12.1 Å². The van der Waals surface area contributed by atoms with Crippen LogP contribution in [0.2, 0.25) is 0 Å². The Hall–Kier alpha value is -4.32. The number of rotatable bonds is 8. The Morgan fingerprint density at radius 3 is 2.37 bits per heavy atom. The van der Waals surface area contributed by atoms with E-state index in [0.717, 1.165) is 57.1 Å². The van der Waals surface area contributed by atoms with Gasteiger partial charge in [0.25, 0.3) is 0 Å². The molecule has 5 aromatic rings. The molecular formula is C29H28N4O2. The zero-order valence-electron chi connectivity index (χ0n) is 20.2. The molecule has 0 amide bonds. The predicted molar refractivity (Wildman–Crippen MR) is 141 cm³/mol. The fourth-order valence-electron chi connectivity index (χ4n) is 4.30. The molecule has 0 radical (unpaired) electrons. The third-order valence-corrected chi connectivity index (χ3v) is 6.13. The van der Waals surface area contributed by atoms with Crippen molar-refractivity contribution in [3.63, 3.8) is 0 Å². The molecule has 0 saturated carbocycles. The van der Waals surface area contributed by atoms with Crippen LogP contribution in [-0.2, 0) is 6.42 Å². The third-order valence-electron chi connectivity index (χ3n) is 6.13. The van der Waals surface area contributed by atoms with E-state index >= 15 is 0 Å². The zero-order valence-corrected chi connectivity index (χ0v) is 20.2. The highest BCUT2D eigenvalue weighted by Gasteiger charge is 2.17. The lowest BCUT2D eigenvalue weighted by atomic mass is 10.1. The number of nitrogens with one attached hydrogen (secondary N) is 1. The molecule has 35 heavy (non-hydrogen) atoms. The van der Waals surface area contributed by atoms with Crippen molar-refractivity contribution < 1.29 is 9.47 Å². The van der Waals surface area contributed by atoms with Crippen LogP contribution in [0.15, 0.2) is 85.3 Å². The van der Waals surface area contributed by atoms with E-state index < -0.39 is 0 Å². The molecule has 2 aromatic heterocycles. The Balaban J connectivity index is 1.50. The number of ether oxygens (including phenoxy) is 2. The minimum atomic E-state index is 0.714. The van der Waals surface area contributed by atoms with Crippen LogP contribution in [0.3, 0.4) is 0 Å². The Bertz CT molecular complexity index is 1440. The average molecular weight is 465 g/mol. The number of aryl methyl sites for hydroxylation is 1. The first kappa shape index (κ1) is 22.5. The van der Waals surface area contributed by atoms with Crippen LogP contribution >= 0.6 is 0 Å². The van der Waals surface area contributed by atoms with Crippen LogP contribution in [0.4, 0.5) is 5.82 Å². The number of benzene rings is 3. The van der Waals surface area contributed by atoms with Crippen LogP contribution in [0.5, 0.6) is 11.5 Å². The molecule has 0 aliphatic heterocycles. The topological polar surface area (TPSA) is 61.2 Å². The van der Waals surface area contributed by atoms with Crippen molar-refractivity contribution >= 4 is 16.9 Å². The molecule has 1 N–H and O–H groups in total. The minimum absolute atomic E-state index is 0.714. The van der Waals surface area contributed by atoms with Gasteiger partial charge in [-0.05, 0) is 48.7 Å². The summed E-state index contributed by atoms with van der Waals surface area (Å²) in [4.78, 5) is 9.30. The molecule has 6 heteroatoms. The number of hydrogen-bond donors (Lipinski definition) is 1. The number of methoxy groups -OCH3 is 2.